The van der Waals surface area contributed by atoms with Crippen molar-refractivity contribution in [3.05, 3.63) is 63.6 Å². The first-order chi connectivity index (χ1) is 9.15. The zero-order chi connectivity index (χ0) is 13.4. The lowest BCUT2D eigenvalue weighted by Gasteiger charge is -2.15. The van der Waals surface area contributed by atoms with Crippen LogP contribution in [0.15, 0.2) is 42.5 Å². The lowest BCUT2D eigenvalue weighted by Crippen LogP contribution is -2.10. The third kappa shape index (κ3) is 2.27. The molecule has 0 aliphatic carbocycles. The number of esters is 1. The van der Waals surface area contributed by atoms with E-state index in [-0.39, 0.29) is 5.97 Å². The zero-order valence-electron chi connectivity index (χ0n) is 9.69. The van der Waals surface area contributed by atoms with Gasteiger partial charge in [-0.1, -0.05) is 41.4 Å². The number of hydrogen-bond acceptors (Lipinski definition) is 3. The summed E-state index contributed by atoms with van der Waals surface area (Å²) < 4.78 is 5.28. The van der Waals surface area contributed by atoms with Crippen molar-refractivity contribution in [1.29, 1.82) is 0 Å². The highest BCUT2D eigenvalue weighted by atomic mass is 35.5. The Bertz CT molecular complexity index is 658. The molecule has 96 valence electrons. The smallest absolute Gasteiger partial charge is 0.340 e. The fourth-order valence-corrected chi connectivity index (χ4v) is 2.35. The van der Waals surface area contributed by atoms with Crippen molar-refractivity contribution < 1.29 is 9.53 Å². The molecule has 1 heterocycles. The van der Waals surface area contributed by atoms with Crippen molar-refractivity contribution in [2.24, 2.45) is 0 Å². The Morgan fingerprint density at radius 3 is 2.74 bits per heavy atom. The van der Waals surface area contributed by atoms with E-state index in [9.17, 15) is 4.79 Å². The van der Waals surface area contributed by atoms with Crippen LogP contribution in [-0.2, 0) is 4.74 Å². The third-order valence-electron chi connectivity index (χ3n) is 2.90. The van der Waals surface area contributed by atoms with Crippen molar-refractivity contribution in [1.82, 2.24) is 0 Å². The first-order valence-electron chi connectivity index (χ1n) is 5.66. The molecule has 0 aromatic heterocycles. The van der Waals surface area contributed by atoms with Crippen LogP contribution in [0.2, 0.25) is 10.0 Å². The number of carbonyl (C=O) groups is 1. The molecular weight excluding hydrogens is 285 g/mol. The minimum atomic E-state index is -0.542. The Labute approximate surface area is 120 Å². The number of halogens is 2. The van der Waals surface area contributed by atoms with Gasteiger partial charge < -0.3 is 10.1 Å². The maximum atomic E-state index is 11.7. The van der Waals surface area contributed by atoms with E-state index in [1.165, 1.54) is 0 Å². The van der Waals surface area contributed by atoms with Crippen molar-refractivity contribution in [2.45, 2.75) is 6.23 Å². The maximum Gasteiger partial charge on any atom is 0.340 e. The highest BCUT2D eigenvalue weighted by Crippen LogP contribution is 2.34. The lowest BCUT2D eigenvalue weighted by molar-refractivity contribution is 0.0437. The number of rotatable bonds is 2. The Balaban J connectivity index is 1.93. The van der Waals surface area contributed by atoms with Crippen molar-refractivity contribution in [2.75, 3.05) is 5.32 Å². The van der Waals surface area contributed by atoms with Crippen LogP contribution < -0.4 is 5.32 Å². The number of anilines is 1. The van der Waals surface area contributed by atoms with Crippen molar-refractivity contribution in [3.8, 4) is 0 Å². The van der Waals surface area contributed by atoms with E-state index in [0.717, 1.165) is 5.56 Å². The first kappa shape index (κ1) is 12.3. The van der Waals surface area contributed by atoms with Crippen LogP contribution in [0.5, 0.6) is 0 Å². The molecule has 0 radical (unpaired) electrons. The van der Waals surface area contributed by atoms with Gasteiger partial charge in [0.1, 0.15) is 0 Å². The predicted octanol–water partition coefficient (Wildman–Crippen LogP) is 4.27. The second kappa shape index (κ2) is 4.76. The molecule has 3 nitrogen and oxygen atoms in total. The van der Waals surface area contributed by atoms with Crippen molar-refractivity contribution >= 4 is 34.9 Å². The van der Waals surface area contributed by atoms with E-state index in [2.05, 4.69) is 5.32 Å². The molecule has 2 aromatic rings. The van der Waals surface area contributed by atoms with Gasteiger partial charge in [0.25, 0.3) is 0 Å². The van der Waals surface area contributed by atoms with Gasteiger partial charge in [-0.15, -0.1) is 0 Å². The molecule has 1 aliphatic heterocycles. The van der Waals surface area contributed by atoms with Crippen LogP contribution in [0, 0.1) is 0 Å². The fourth-order valence-electron chi connectivity index (χ4n) is 2.00. The van der Waals surface area contributed by atoms with Gasteiger partial charge in [-0.05, 0) is 24.3 Å². The third-order valence-corrected chi connectivity index (χ3v) is 3.47. The molecular formula is C14H9Cl2NO2. The summed E-state index contributed by atoms with van der Waals surface area (Å²) in [6.07, 6.45) is -0.542. The number of hydrogen-bond donors (Lipinski definition) is 1. The van der Waals surface area contributed by atoms with Gasteiger partial charge in [0.15, 0.2) is 0 Å². The molecule has 0 amide bonds. The number of carbonyl (C=O) groups excluding carboxylic acids is 1. The highest BCUT2D eigenvalue weighted by molar-refractivity contribution is 6.35. The molecule has 0 saturated heterocycles. The van der Waals surface area contributed by atoms with Gasteiger partial charge in [0.05, 0.1) is 16.3 Å². The molecule has 0 saturated carbocycles. The largest absolute Gasteiger partial charge is 0.434 e. The van der Waals surface area contributed by atoms with Gasteiger partial charge in [-0.25, -0.2) is 4.79 Å². The molecule has 0 fully saturated rings. The highest BCUT2D eigenvalue weighted by Gasteiger charge is 2.30. The van der Waals surface area contributed by atoms with E-state index in [1.807, 2.05) is 12.1 Å². The SMILES string of the molecule is O=C1O[C@@H](Nc2cc(Cl)ccc2Cl)c2ccccc21. The molecule has 0 spiro atoms. The standard InChI is InChI=1S/C14H9Cl2NO2/c15-8-5-6-11(16)12(7-8)17-13-9-3-1-2-4-10(9)14(18)19-13/h1-7,13,17H/t13-/m1/s1. The summed E-state index contributed by atoms with van der Waals surface area (Å²) in [5.74, 6) is -0.341. The van der Waals surface area contributed by atoms with Gasteiger partial charge in [0, 0.05) is 10.6 Å². The van der Waals surface area contributed by atoms with Gasteiger partial charge in [0.2, 0.25) is 6.23 Å². The number of nitrogens with one attached hydrogen (secondary N) is 1. The molecule has 3 rings (SSSR count). The van der Waals surface area contributed by atoms with Crippen LogP contribution >= 0.6 is 23.2 Å². The summed E-state index contributed by atoms with van der Waals surface area (Å²) in [6.45, 7) is 0. The summed E-state index contributed by atoms with van der Waals surface area (Å²) in [4.78, 5) is 11.7. The van der Waals surface area contributed by atoms with Crippen molar-refractivity contribution in [3.63, 3.8) is 0 Å². The Kier molecular flexibility index (Phi) is 3.09. The molecule has 0 bridgehead atoms. The maximum absolute atomic E-state index is 11.7. The van der Waals surface area contributed by atoms with Crippen LogP contribution in [0.25, 0.3) is 0 Å². The minimum absolute atomic E-state index is 0.341. The predicted molar refractivity (Wildman–Crippen MR) is 74.7 cm³/mol. The summed E-state index contributed by atoms with van der Waals surface area (Å²) >= 11 is 12.0. The topological polar surface area (TPSA) is 38.3 Å². The number of benzene rings is 2. The summed E-state index contributed by atoms with van der Waals surface area (Å²) in [6, 6.07) is 12.3. The lowest BCUT2D eigenvalue weighted by atomic mass is 10.1. The number of cyclic esters (lactones) is 1. The van der Waals surface area contributed by atoms with Crippen LogP contribution in [0.4, 0.5) is 5.69 Å². The van der Waals surface area contributed by atoms with Crippen LogP contribution in [0.3, 0.4) is 0 Å². The molecule has 2 aromatic carbocycles. The summed E-state index contributed by atoms with van der Waals surface area (Å²) in [5, 5.41) is 4.16. The van der Waals surface area contributed by atoms with Crippen LogP contribution in [-0.4, -0.2) is 5.97 Å². The molecule has 1 aliphatic rings. The fraction of sp³-hybridized carbons (Fsp3) is 0.0714. The summed E-state index contributed by atoms with van der Waals surface area (Å²) in [5.41, 5.74) is 1.99. The van der Waals surface area contributed by atoms with Gasteiger partial charge in [-0.3, -0.25) is 0 Å². The summed E-state index contributed by atoms with van der Waals surface area (Å²) in [7, 11) is 0. The van der Waals surface area contributed by atoms with Gasteiger partial charge >= 0.3 is 5.97 Å². The Morgan fingerprint density at radius 2 is 1.89 bits per heavy atom. The first-order valence-corrected chi connectivity index (χ1v) is 6.42. The second-order valence-corrected chi connectivity index (χ2v) is 4.98. The van der Waals surface area contributed by atoms with E-state index < -0.39 is 6.23 Å². The van der Waals surface area contributed by atoms with E-state index >= 15 is 0 Å². The second-order valence-electron chi connectivity index (χ2n) is 4.14. The monoisotopic (exact) mass is 293 g/mol. The quantitative estimate of drug-likeness (QED) is 0.840. The molecule has 19 heavy (non-hydrogen) atoms. The molecule has 1 N–H and O–H groups in total. The normalized spacial score (nSPS) is 16.9. The minimum Gasteiger partial charge on any atom is -0.434 e. The van der Waals surface area contributed by atoms with E-state index in [1.54, 1.807) is 30.3 Å². The van der Waals surface area contributed by atoms with E-state index in [4.69, 9.17) is 27.9 Å². The average molecular weight is 294 g/mol. The Hall–Kier alpha value is -1.71. The van der Waals surface area contributed by atoms with Crippen LogP contribution in [0.1, 0.15) is 22.1 Å². The molecule has 0 unspecified atom stereocenters. The zero-order valence-corrected chi connectivity index (χ0v) is 11.2. The number of fused-ring (bicyclic) bond motifs is 1. The van der Waals surface area contributed by atoms with E-state index in [0.29, 0.717) is 21.3 Å². The van der Waals surface area contributed by atoms with Gasteiger partial charge in [-0.2, -0.15) is 0 Å². The molecule has 5 heteroatoms. The number of ether oxygens (including phenoxy) is 1. The average Bonchev–Trinajstić information content (AvgIpc) is 2.72. The molecule has 1 atom stereocenters. The Morgan fingerprint density at radius 1 is 1.11 bits per heavy atom.